The number of hydrogen-bond donors (Lipinski definition) is 1. The van der Waals surface area contributed by atoms with Gasteiger partial charge in [0, 0.05) is 30.1 Å². The van der Waals surface area contributed by atoms with E-state index in [1.807, 2.05) is 0 Å². The van der Waals surface area contributed by atoms with Gasteiger partial charge in [-0.05, 0) is 36.2 Å². The van der Waals surface area contributed by atoms with Gasteiger partial charge < -0.3 is 5.32 Å². The molecule has 0 bridgehead atoms. The number of fused-ring (bicyclic) bond motifs is 1. The average Bonchev–Trinajstić information content (AvgIpc) is 3.12. The van der Waals surface area contributed by atoms with Crippen molar-refractivity contribution >= 4 is 29.1 Å². The fraction of sp³-hybridized carbons (Fsp3) is 0.250. The Hall–Kier alpha value is -3.28. The molecule has 2 aromatic heterocycles. The largest absolute Gasteiger partial charge is 0.406 e. The lowest BCUT2D eigenvalue weighted by atomic mass is 9.98. The molecule has 1 amide bonds. The van der Waals surface area contributed by atoms with Crippen molar-refractivity contribution in [2.75, 3.05) is 11.1 Å². The van der Waals surface area contributed by atoms with Gasteiger partial charge in [-0.25, -0.2) is 4.39 Å². The maximum atomic E-state index is 14.4. The summed E-state index contributed by atoms with van der Waals surface area (Å²) in [6.07, 6.45) is -1.12. The number of carbonyl (C=O) groups is 2. The Balaban J connectivity index is 1.57. The zero-order chi connectivity index (χ0) is 22.9. The summed E-state index contributed by atoms with van der Waals surface area (Å²) in [6.45, 7) is -1.35. The summed E-state index contributed by atoms with van der Waals surface area (Å²) in [6, 6.07) is 5.45. The first-order valence-corrected chi connectivity index (χ1v) is 10.4. The van der Waals surface area contributed by atoms with Gasteiger partial charge in [0.2, 0.25) is 5.91 Å². The zero-order valence-electron chi connectivity index (χ0n) is 16.3. The molecule has 0 spiro atoms. The van der Waals surface area contributed by atoms with Crippen molar-refractivity contribution in [3.63, 3.8) is 0 Å². The number of thioether (sulfide) groups is 1. The van der Waals surface area contributed by atoms with Crippen LogP contribution in [-0.2, 0) is 17.8 Å². The lowest BCUT2D eigenvalue weighted by Crippen LogP contribution is -2.20. The first kappa shape index (κ1) is 21.9. The molecule has 0 saturated heterocycles. The third-order valence-electron chi connectivity index (χ3n) is 4.71. The van der Waals surface area contributed by atoms with Crippen LogP contribution in [0.2, 0.25) is 0 Å². The number of hydrogen-bond acceptors (Lipinski definition) is 6. The highest BCUT2D eigenvalue weighted by molar-refractivity contribution is 7.99. The van der Waals surface area contributed by atoms with Gasteiger partial charge in [-0.3, -0.25) is 19.1 Å². The van der Waals surface area contributed by atoms with Crippen LogP contribution >= 0.6 is 11.8 Å². The van der Waals surface area contributed by atoms with E-state index >= 15 is 0 Å². The number of aryl methyl sites for hydroxylation is 1. The van der Waals surface area contributed by atoms with Gasteiger partial charge in [0.15, 0.2) is 16.8 Å². The molecule has 1 aliphatic rings. The van der Waals surface area contributed by atoms with Gasteiger partial charge in [0.1, 0.15) is 12.4 Å². The molecule has 1 N–H and O–H groups in total. The monoisotopic (exact) mass is 465 g/mol. The Morgan fingerprint density at radius 1 is 1.16 bits per heavy atom. The van der Waals surface area contributed by atoms with Crippen LogP contribution < -0.4 is 5.32 Å². The Morgan fingerprint density at radius 3 is 2.62 bits per heavy atom. The Labute approximate surface area is 183 Å². The molecule has 166 valence electrons. The zero-order valence-corrected chi connectivity index (χ0v) is 17.1. The minimum Gasteiger partial charge on any atom is -0.326 e. The number of anilines is 1. The SMILES string of the molecule is O=C1CCc2cc(C(=O)CSc3nnc(-c4ccncc4)n3CC(F)(F)F)c(F)cc2N1. The minimum absolute atomic E-state index is 0.0182. The molecular formula is C20H15F4N5O2S. The number of halogens is 4. The van der Waals surface area contributed by atoms with Crippen LogP contribution in [-0.4, -0.2) is 43.4 Å². The molecule has 32 heavy (non-hydrogen) atoms. The van der Waals surface area contributed by atoms with Crippen molar-refractivity contribution in [1.82, 2.24) is 19.7 Å². The van der Waals surface area contributed by atoms with Crippen molar-refractivity contribution in [2.45, 2.75) is 30.7 Å². The number of aromatic nitrogens is 4. The van der Waals surface area contributed by atoms with E-state index in [0.717, 1.165) is 22.4 Å². The maximum Gasteiger partial charge on any atom is 0.406 e. The summed E-state index contributed by atoms with van der Waals surface area (Å²) in [5, 5.41) is 10.1. The minimum atomic E-state index is -4.54. The van der Waals surface area contributed by atoms with E-state index in [2.05, 4.69) is 20.5 Å². The second-order valence-electron chi connectivity index (χ2n) is 6.99. The van der Waals surface area contributed by atoms with Gasteiger partial charge in [-0.2, -0.15) is 13.2 Å². The van der Waals surface area contributed by atoms with E-state index in [1.165, 1.54) is 30.6 Å². The fourth-order valence-corrected chi connectivity index (χ4v) is 4.08. The van der Waals surface area contributed by atoms with Crippen LogP contribution in [0.5, 0.6) is 0 Å². The second-order valence-corrected chi connectivity index (χ2v) is 7.94. The number of rotatable bonds is 6. The van der Waals surface area contributed by atoms with Crippen LogP contribution in [0.15, 0.2) is 41.8 Å². The quantitative estimate of drug-likeness (QED) is 0.337. The van der Waals surface area contributed by atoms with E-state index in [1.54, 1.807) is 0 Å². The van der Waals surface area contributed by atoms with Crippen molar-refractivity contribution in [3.8, 4) is 11.4 Å². The highest BCUT2D eigenvalue weighted by Crippen LogP contribution is 2.30. The highest BCUT2D eigenvalue weighted by Gasteiger charge is 2.32. The van der Waals surface area contributed by atoms with E-state index < -0.39 is 24.3 Å². The number of amides is 1. The van der Waals surface area contributed by atoms with Crippen molar-refractivity contribution in [1.29, 1.82) is 0 Å². The topological polar surface area (TPSA) is 89.8 Å². The molecule has 4 rings (SSSR count). The summed E-state index contributed by atoms with van der Waals surface area (Å²) in [4.78, 5) is 27.9. The molecule has 0 radical (unpaired) electrons. The third kappa shape index (κ3) is 4.79. The summed E-state index contributed by atoms with van der Waals surface area (Å²) in [5.74, 6) is -2.02. The first-order chi connectivity index (χ1) is 15.2. The highest BCUT2D eigenvalue weighted by atomic mass is 32.2. The molecule has 1 aromatic carbocycles. The predicted octanol–water partition coefficient (Wildman–Crippen LogP) is 3.90. The molecule has 0 saturated carbocycles. The van der Waals surface area contributed by atoms with E-state index in [9.17, 15) is 27.2 Å². The standard InChI is InChI=1S/C20H15F4N5O2S/c21-14-8-15-12(1-2-17(31)26-15)7-13(14)16(30)9-32-19-28-27-18(11-3-5-25-6-4-11)29(19)10-20(22,23)24/h3-8H,1-2,9-10H2,(H,26,31). The van der Waals surface area contributed by atoms with Gasteiger partial charge in [-0.1, -0.05) is 11.8 Å². The van der Waals surface area contributed by atoms with Gasteiger partial charge >= 0.3 is 6.18 Å². The van der Waals surface area contributed by atoms with E-state index in [0.29, 0.717) is 23.2 Å². The van der Waals surface area contributed by atoms with Crippen molar-refractivity contribution in [3.05, 3.63) is 53.6 Å². The number of alkyl halides is 3. The molecular weight excluding hydrogens is 450 g/mol. The van der Waals surface area contributed by atoms with E-state index in [-0.39, 0.29) is 34.6 Å². The number of ketones is 1. The molecule has 3 aromatic rings. The van der Waals surface area contributed by atoms with Crippen molar-refractivity contribution in [2.24, 2.45) is 0 Å². The van der Waals surface area contributed by atoms with Crippen LogP contribution in [0.1, 0.15) is 22.3 Å². The Bertz CT molecular complexity index is 1180. The lowest BCUT2D eigenvalue weighted by Gasteiger charge is -2.18. The van der Waals surface area contributed by atoms with Crippen LogP contribution in [0.25, 0.3) is 11.4 Å². The number of nitrogens with zero attached hydrogens (tertiary/aromatic N) is 4. The number of pyridine rings is 1. The number of carbonyl (C=O) groups excluding carboxylic acids is 2. The number of nitrogens with one attached hydrogen (secondary N) is 1. The normalized spacial score (nSPS) is 13.6. The van der Waals surface area contributed by atoms with Crippen LogP contribution in [0.4, 0.5) is 23.2 Å². The molecule has 0 aliphatic carbocycles. The molecule has 3 heterocycles. The lowest BCUT2D eigenvalue weighted by molar-refractivity contribution is -0.141. The molecule has 7 nitrogen and oxygen atoms in total. The summed E-state index contributed by atoms with van der Waals surface area (Å²) in [5.41, 5.74) is 1.13. The Morgan fingerprint density at radius 2 is 1.91 bits per heavy atom. The molecule has 0 fully saturated rings. The van der Waals surface area contributed by atoms with Gasteiger partial charge in [0.05, 0.1) is 11.3 Å². The smallest absolute Gasteiger partial charge is 0.326 e. The molecule has 0 unspecified atom stereocenters. The average molecular weight is 465 g/mol. The third-order valence-corrected chi connectivity index (χ3v) is 5.68. The molecule has 12 heteroatoms. The maximum absolute atomic E-state index is 14.4. The number of benzene rings is 1. The van der Waals surface area contributed by atoms with E-state index in [4.69, 9.17) is 0 Å². The van der Waals surface area contributed by atoms with Crippen LogP contribution in [0.3, 0.4) is 0 Å². The summed E-state index contributed by atoms with van der Waals surface area (Å²) in [7, 11) is 0. The van der Waals surface area contributed by atoms with Gasteiger partial charge in [0.25, 0.3) is 0 Å². The van der Waals surface area contributed by atoms with Crippen LogP contribution in [0, 0.1) is 5.82 Å². The Kier molecular flexibility index (Phi) is 5.96. The second kappa shape index (κ2) is 8.69. The summed E-state index contributed by atoms with van der Waals surface area (Å²) >= 11 is 0.740. The fourth-order valence-electron chi connectivity index (χ4n) is 3.26. The van der Waals surface area contributed by atoms with Crippen molar-refractivity contribution < 1.29 is 27.2 Å². The number of Topliss-reactive ketones (excluding diaryl/α,β-unsaturated/α-hetero) is 1. The molecule has 0 atom stereocenters. The summed E-state index contributed by atoms with van der Waals surface area (Å²) < 4.78 is 54.8. The predicted molar refractivity (Wildman–Crippen MR) is 108 cm³/mol. The molecule has 1 aliphatic heterocycles. The van der Waals surface area contributed by atoms with Gasteiger partial charge in [-0.15, -0.1) is 10.2 Å². The first-order valence-electron chi connectivity index (χ1n) is 9.40.